The first-order valence-electron chi connectivity index (χ1n) is 36.6. The maximum atomic E-state index is 15.8. The number of likely N-dealkylation sites (N-methyl/N-ethyl adjacent to an activating group) is 7. The molecule has 0 radical (unpaired) electrons. The van der Waals surface area contributed by atoms with Gasteiger partial charge in [-0.15, -0.1) is 0 Å². The Morgan fingerprint density at radius 1 is 0.651 bits per heavy atom. The lowest BCUT2D eigenvalue weighted by Crippen LogP contribution is -2.65. The molecule has 606 valence electrons. The van der Waals surface area contributed by atoms with Gasteiger partial charge in [-0.2, -0.15) is 39.5 Å². The number of hydrogen-bond donors (Lipinski definition) is 3. The number of alkyl halides is 9. The molecular weight excluding hydrogens is 1480 g/mol. The van der Waals surface area contributed by atoms with Crippen molar-refractivity contribution in [3.63, 3.8) is 0 Å². The van der Waals surface area contributed by atoms with Crippen molar-refractivity contribution in [2.75, 3.05) is 108 Å². The van der Waals surface area contributed by atoms with Gasteiger partial charge in [0.15, 0.2) is 0 Å². The van der Waals surface area contributed by atoms with Crippen LogP contribution in [-0.2, 0) is 92.2 Å². The van der Waals surface area contributed by atoms with E-state index in [1.807, 2.05) is 0 Å². The Kier molecular flexibility index (Phi) is 30.3. The monoisotopic (exact) mass is 1570 g/mol. The minimum atomic E-state index is -5.17. The Bertz CT molecular complexity index is 3610. The molecule has 36 heteroatoms. The first-order chi connectivity index (χ1) is 51.0. The maximum absolute atomic E-state index is 15.8. The molecule has 3 heterocycles. The molecule has 3 N–H and O–H groups in total. The molecule has 2 aliphatic carbocycles. The van der Waals surface area contributed by atoms with Gasteiger partial charge in [0.1, 0.15) is 47.8 Å². The molecule has 3 saturated heterocycles. The number of benzene rings is 2. The second-order valence-electron chi connectivity index (χ2n) is 29.2. The lowest BCUT2D eigenvalue weighted by atomic mass is 9.81. The Balaban J connectivity index is 1.34. The predicted octanol–water partition coefficient (Wildman–Crippen LogP) is 5.48. The summed E-state index contributed by atoms with van der Waals surface area (Å²) in [6, 6.07) is -5.74. The SMILES string of the molecule is CCO[C@@H]1C[C@H]2C(=O)NC3(CCCC3)C(=O)N(C)[C@@H](C3CCCCC3)C(=O)N(C)[C@H](C(=O)N3CCOCC3)CC(=O)N(C)[C@@H](CC(F)(F)F)C(=O)N[C@@H](C(C)CC)C(=O)N(C)CC(=O)N(C)CC(=O)N(C)[C@@H](Cc3ccc(C(F)(F)F)cc3)C(=O)N(C)CC(=O)N[C@@H](CCc3ccc(C(F)(F)F)c(Cl)c3)C(=O)N2C1. The summed E-state index contributed by atoms with van der Waals surface area (Å²) < 4.78 is 139. The smallest absolute Gasteiger partial charge is 0.378 e. The highest BCUT2D eigenvalue weighted by molar-refractivity contribution is 6.31. The van der Waals surface area contributed by atoms with Crippen LogP contribution in [0.3, 0.4) is 0 Å². The minimum Gasteiger partial charge on any atom is -0.378 e. The molecule has 2 aromatic rings. The second kappa shape index (κ2) is 37.6. The number of carbonyl (C=O) groups is 12. The van der Waals surface area contributed by atoms with E-state index >= 15 is 19.2 Å². The van der Waals surface area contributed by atoms with Crippen LogP contribution in [0.25, 0.3) is 0 Å². The van der Waals surface area contributed by atoms with E-state index in [4.69, 9.17) is 21.1 Å². The Morgan fingerprint density at radius 3 is 1.83 bits per heavy atom. The van der Waals surface area contributed by atoms with Gasteiger partial charge in [-0.05, 0) is 92.7 Å². The standard InChI is InChI=1S/C73H100ClF9N12O14/c1-11-43(3)60-67(105)89(6)41-58(98)87(4)42-59(99)90(7)53(35-45-20-24-47(25-21-45)72(78,79)80)65(103)88(5)40-56(96)84-51(27-23-44-22-26-49(50(74)34-44)73(81,82)83)64(102)95-39-48(109-12-2)36-52(95)63(101)86-70(28-16-17-29-70)69(107)93(10)61(46-18-14-13-15-19-46)68(106)92(9)54(66(104)94-30-32-108-33-31-94)37-57(97)91(8)55(62(100)85-60)38-71(75,76)77/h20-22,24-26,34,43,46,48,51-55,60-61H,11-19,23,27-33,35-42H2,1-10H3,(H,84,96)(H,85,100)(H,86,101)/t43?,48-,51+,52+,53+,54+,55+,60+,61+/m1/s1. The largest absolute Gasteiger partial charge is 0.417 e. The molecule has 3 aliphatic heterocycles. The number of amides is 12. The van der Waals surface area contributed by atoms with Gasteiger partial charge in [-0.3, -0.25) is 57.5 Å². The lowest BCUT2D eigenvalue weighted by molar-refractivity contribution is -0.164. The lowest BCUT2D eigenvalue weighted by Gasteiger charge is -2.43. The summed E-state index contributed by atoms with van der Waals surface area (Å²) in [4.78, 5) is 188. The number of rotatable bonds is 12. The molecule has 2 aromatic carbocycles. The summed E-state index contributed by atoms with van der Waals surface area (Å²) in [7, 11) is 7.97. The number of aryl methyl sites for hydroxylation is 1. The predicted molar refractivity (Wildman–Crippen MR) is 377 cm³/mol. The molecule has 1 spiro atoms. The van der Waals surface area contributed by atoms with Crippen LogP contribution in [0.2, 0.25) is 5.02 Å². The van der Waals surface area contributed by atoms with Crippen LogP contribution in [0, 0.1) is 11.8 Å². The molecule has 9 atom stereocenters. The van der Waals surface area contributed by atoms with E-state index < -0.39 is 217 Å². The van der Waals surface area contributed by atoms with E-state index in [0.29, 0.717) is 43.4 Å². The first kappa shape index (κ1) is 87.9. The number of ether oxygens (including phenoxy) is 2. The average Bonchev–Trinajstić information content (AvgIpc) is 1.67. The number of halogens is 10. The number of nitrogens with one attached hydrogen (secondary N) is 3. The van der Waals surface area contributed by atoms with Crippen LogP contribution in [0.5, 0.6) is 0 Å². The number of nitrogens with zero attached hydrogens (tertiary/aromatic N) is 9. The van der Waals surface area contributed by atoms with Gasteiger partial charge in [0, 0.05) is 88.4 Å². The number of morpholine rings is 1. The van der Waals surface area contributed by atoms with Gasteiger partial charge in [0.05, 0.1) is 67.9 Å². The second-order valence-corrected chi connectivity index (χ2v) is 29.6. The zero-order valence-corrected chi connectivity index (χ0v) is 63.8. The molecular formula is C73H100ClF9N12O14. The van der Waals surface area contributed by atoms with Crippen LogP contribution >= 0.6 is 11.6 Å². The molecule has 7 rings (SSSR count). The van der Waals surface area contributed by atoms with Crippen LogP contribution in [0.4, 0.5) is 39.5 Å². The number of carbonyl (C=O) groups excluding carboxylic acids is 12. The van der Waals surface area contributed by atoms with Crippen LogP contribution in [0.1, 0.15) is 133 Å². The molecule has 109 heavy (non-hydrogen) atoms. The van der Waals surface area contributed by atoms with Crippen molar-refractivity contribution in [2.45, 2.75) is 196 Å². The minimum absolute atomic E-state index is 0.0000243. The van der Waals surface area contributed by atoms with Crippen molar-refractivity contribution >= 4 is 82.5 Å². The Hall–Kier alpha value is -8.34. The first-order valence-corrected chi connectivity index (χ1v) is 37.0. The van der Waals surface area contributed by atoms with E-state index in [1.165, 1.54) is 30.8 Å². The third kappa shape index (κ3) is 22.5. The van der Waals surface area contributed by atoms with Crippen molar-refractivity contribution in [1.82, 2.24) is 60.0 Å². The fraction of sp³-hybridized carbons (Fsp3) is 0.671. The molecule has 0 bridgehead atoms. The van der Waals surface area contributed by atoms with Gasteiger partial charge < -0.3 is 69.5 Å². The third-order valence-electron chi connectivity index (χ3n) is 21.6. The summed E-state index contributed by atoms with van der Waals surface area (Å²) in [5.41, 5.74) is -3.78. The zero-order chi connectivity index (χ0) is 80.9. The summed E-state index contributed by atoms with van der Waals surface area (Å²) in [6.07, 6.45) is -16.5. The van der Waals surface area contributed by atoms with Crippen molar-refractivity contribution in [3.8, 4) is 0 Å². The average molecular weight is 1580 g/mol. The van der Waals surface area contributed by atoms with Gasteiger partial charge in [0.25, 0.3) is 0 Å². The van der Waals surface area contributed by atoms with Crippen LogP contribution in [0.15, 0.2) is 42.5 Å². The van der Waals surface area contributed by atoms with Crippen molar-refractivity contribution in [2.24, 2.45) is 11.8 Å². The Morgan fingerprint density at radius 2 is 1.25 bits per heavy atom. The van der Waals surface area contributed by atoms with E-state index in [9.17, 15) is 77.9 Å². The fourth-order valence-corrected chi connectivity index (χ4v) is 15.2. The van der Waals surface area contributed by atoms with Gasteiger partial charge in [0.2, 0.25) is 70.9 Å². The molecule has 5 fully saturated rings. The zero-order valence-electron chi connectivity index (χ0n) is 63.0. The summed E-state index contributed by atoms with van der Waals surface area (Å²) in [5.74, 6) is -13.5. The van der Waals surface area contributed by atoms with Crippen molar-refractivity contribution in [1.29, 1.82) is 0 Å². The normalized spacial score (nSPS) is 25.6. The van der Waals surface area contributed by atoms with Gasteiger partial charge in [-0.25, -0.2) is 0 Å². The maximum Gasteiger partial charge on any atom is 0.417 e. The molecule has 26 nitrogen and oxygen atoms in total. The highest BCUT2D eigenvalue weighted by Gasteiger charge is 2.53. The third-order valence-corrected chi connectivity index (χ3v) is 21.9. The summed E-state index contributed by atoms with van der Waals surface area (Å²) in [5, 5.41) is 7.24. The van der Waals surface area contributed by atoms with Gasteiger partial charge >= 0.3 is 18.5 Å². The van der Waals surface area contributed by atoms with Crippen molar-refractivity contribution < 1.29 is 107 Å². The molecule has 1 unspecified atom stereocenters. The quantitative estimate of drug-likeness (QED) is 0.222. The number of fused-ring (bicyclic) bond motifs is 1. The highest BCUT2D eigenvalue weighted by atomic mass is 35.5. The van der Waals surface area contributed by atoms with Crippen molar-refractivity contribution in [3.05, 3.63) is 69.7 Å². The Labute approximate surface area is 632 Å². The van der Waals surface area contributed by atoms with Gasteiger partial charge in [-0.1, -0.05) is 82.2 Å². The fourth-order valence-electron chi connectivity index (χ4n) is 14.9. The van der Waals surface area contributed by atoms with E-state index in [1.54, 1.807) is 13.8 Å². The molecule has 2 saturated carbocycles. The number of hydrogen-bond acceptors (Lipinski definition) is 14. The van der Waals surface area contributed by atoms with E-state index in [0.717, 1.165) is 114 Å². The highest BCUT2D eigenvalue weighted by Crippen LogP contribution is 2.39. The summed E-state index contributed by atoms with van der Waals surface area (Å²) >= 11 is 6.14. The van der Waals surface area contributed by atoms with E-state index in [2.05, 4.69) is 16.0 Å². The topological polar surface area (TPSA) is 289 Å². The van der Waals surface area contributed by atoms with Crippen LogP contribution in [-0.4, -0.2) is 284 Å². The van der Waals surface area contributed by atoms with Crippen LogP contribution < -0.4 is 16.0 Å². The molecule has 12 amide bonds. The van der Waals surface area contributed by atoms with E-state index in [-0.39, 0.29) is 82.7 Å². The summed E-state index contributed by atoms with van der Waals surface area (Å²) in [6.45, 7) is 1.87. The molecule has 5 aliphatic rings. The molecule has 0 aromatic heterocycles.